The van der Waals surface area contributed by atoms with Crippen LogP contribution in [0.15, 0.2) is 143 Å². The minimum absolute atomic E-state index is 0. The Balaban J connectivity index is 0. The third-order valence-electron chi connectivity index (χ3n) is 18.3. The molecular weight excluding hydrogens is 2180 g/mol. The first-order valence-corrected chi connectivity index (χ1v) is 60.0. The number of aliphatic hydroxyl groups is 1. The number of carbonyl (C=O) groups is 8. The summed E-state index contributed by atoms with van der Waals surface area (Å²) in [6, 6.07) is 22.5. The number of imide groups is 1. The Bertz CT molecular complexity index is 3310. The molecule has 0 aliphatic carbocycles. The summed E-state index contributed by atoms with van der Waals surface area (Å²) in [4.78, 5) is 109. The molecule has 3 aromatic carbocycles. The zero-order valence-electron chi connectivity index (χ0n) is 68.6. The Morgan fingerprint density at radius 3 is 1.00 bits per heavy atom. The number of unbranched alkanes of at least 4 members (excludes halogenated alkanes) is 33. The molecule has 3 aromatic rings. The molecule has 0 saturated carbocycles. The van der Waals surface area contributed by atoms with Crippen molar-refractivity contribution in [2.24, 2.45) is 15.3 Å². The molecule has 1 aliphatic rings. The second-order valence-corrected chi connectivity index (χ2v) is 43.9. The van der Waals surface area contributed by atoms with Crippen molar-refractivity contribution >= 4 is 146 Å². The number of carboxylic acids is 1. The van der Waals surface area contributed by atoms with E-state index in [4.69, 9.17) is 45.4 Å². The number of hydrogen-bond donors (Lipinski definition) is 2. The number of rotatable bonds is 61. The van der Waals surface area contributed by atoms with Crippen LogP contribution in [0.1, 0.15) is 315 Å². The first kappa shape index (κ1) is 114. The van der Waals surface area contributed by atoms with Crippen molar-refractivity contribution in [2.75, 3.05) is 19.8 Å². The fourth-order valence-electron chi connectivity index (χ4n) is 11.8. The van der Waals surface area contributed by atoms with Crippen molar-refractivity contribution in [1.82, 2.24) is 5.06 Å². The van der Waals surface area contributed by atoms with Gasteiger partial charge in [-0.2, -0.15) is 0 Å². The van der Waals surface area contributed by atoms with Crippen LogP contribution in [0, 0.1) is 0 Å². The molecule has 0 spiro atoms. The molecule has 0 unspecified atom stereocenters. The van der Waals surface area contributed by atoms with Gasteiger partial charge in [0.1, 0.15) is 49.7 Å². The Hall–Kier alpha value is -5.09. The van der Waals surface area contributed by atoms with Gasteiger partial charge in [-0.05, 0) is 116 Å². The number of hydroxylamine groups is 2. The summed E-state index contributed by atoms with van der Waals surface area (Å²) >= 11 is 9.54. The summed E-state index contributed by atoms with van der Waals surface area (Å²) in [5.41, 5.74) is 28.0. The molecule has 26 nitrogen and oxygen atoms in total. The summed E-state index contributed by atoms with van der Waals surface area (Å²) < 4.78 is 27.0. The Morgan fingerprint density at radius 2 is 0.718 bits per heavy atom. The van der Waals surface area contributed by atoms with Crippen LogP contribution in [0.25, 0.3) is 31.3 Å². The molecule has 4 rings (SSSR count). The number of benzene rings is 3. The fourth-order valence-corrected chi connectivity index (χ4v) is 11.8. The fraction of sp³-hybridized carbons (Fsp3) is 0.624. The molecule has 117 heavy (non-hydrogen) atoms. The molecule has 0 radical (unpaired) electrons. The number of aliphatic hydroxyl groups excluding tert-OH is 1. The average molecular weight is 2310 g/mol. The number of carboxylic acid groups (broad SMARTS) is 1. The molecule has 2 N–H and O–H groups in total. The number of carbonyl (C=O) groups excluding carboxylic acids is 7. The second kappa shape index (κ2) is 83.2. The van der Waals surface area contributed by atoms with Gasteiger partial charge in [0.2, 0.25) is 0 Å². The van der Waals surface area contributed by atoms with Gasteiger partial charge in [-0.3, -0.25) is 24.0 Å². The van der Waals surface area contributed by atoms with Crippen molar-refractivity contribution < 1.29 is 90.3 Å². The molecule has 0 aromatic heterocycles. The van der Waals surface area contributed by atoms with Gasteiger partial charge in [0.05, 0.1) is 23.3 Å². The van der Waals surface area contributed by atoms with Gasteiger partial charge < -0.3 is 33.9 Å². The number of azide groups is 3. The number of ether oxygens (including phenoxy) is 5. The number of halogens is 6. The topological polar surface area (TPSA) is 382 Å². The van der Waals surface area contributed by atoms with Crippen molar-refractivity contribution in [3.63, 3.8) is 0 Å². The van der Waals surface area contributed by atoms with Crippen molar-refractivity contribution in [1.29, 1.82) is 0 Å². The van der Waals surface area contributed by atoms with Gasteiger partial charge in [0.25, 0.3) is 11.8 Å². The van der Waals surface area contributed by atoms with Gasteiger partial charge in [-0.15, -0.1) is 24.0 Å². The van der Waals surface area contributed by atoms with Crippen molar-refractivity contribution in [3.05, 3.63) is 175 Å². The average Bonchev–Trinajstić information content (AvgIpc) is 1.71. The SMILES string of the molecule is CCCCCCCCCCCCC/C=C/[C@@H](OC(=O)c1ccccc1)[C@@H](CO)N=[N+]=[N-].CCCCCCCCCCCCC/C=C/[C@@H](OC(=O)c1ccccc1)[C@@H](COC(=O)CCCC(=O)O)N=[N+]=[N-].CCCCCCCCCCCCC/C=C/[C@@H](OC(=O)c1ccccc1)[C@@H](COC(=O)ON1C(=O)CCC1=O)N=[N+]=[N-].I.II.I[I-]I. The summed E-state index contributed by atoms with van der Waals surface area (Å²) in [5, 5.41) is 29.5. The van der Waals surface area contributed by atoms with Crippen LogP contribution in [0.4, 0.5) is 4.79 Å². The van der Waals surface area contributed by atoms with E-state index >= 15 is 0 Å². The van der Waals surface area contributed by atoms with E-state index < -0.39 is 90.9 Å². The van der Waals surface area contributed by atoms with Crippen LogP contribution in [0.3, 0.4) is 0 Å². The summed E-state index contributed by atoms with van der Waals surface area (Å²) in [7, 11) is 0. The van der Waals surface area contributed by atoms with E-state index in [2.05, 4.69) is 130 Å². The Morgan fingerprint density at radius 1 is 0.444 bits per heavy atom. The van der Waals surface area contributed by atoms with E-state index in [1.807, 2.05) is 24.3 Å². The molecule has 656 valence electrons. The molecule has 32 heteroatoms. The van der Waals surface area contributed by atoms with Gasteiger partial charge in [-0.1, -0.05) is 307 Å². The Labute approximate surface area is 764 Å². The minimum atomic E-state index is -1.31. The van der Waals surface area contributed by atoms with Crippen LogP contribution >= 0.6 is 98.4 Å². The maximum absolute atomic E-state index is 12.7. The predicted molar refractivity (Wildman–Crippen MR) is 501 cm³/mol. The number of aliphatic carboxylic acids is 1. The number of hydrogen-bond acceptors (Lipinski definition) is 18. The van der Waals surface area contributed by atoms with Gasteiger partial charge in [0, 0.05) is 77.7 Å². The predicted octanol–water partition coefficient (Wildman–Crippen LogP) is 23.6. The molecule has 2 amide bonds. The summed E-state index contributed by atoms with van der Waals surface area (Å²) in [5.74, 6) is -4.62. The van der Waals surface area contributed by atoms with E-state index in [1.54, 1.807) is 103 Å². The third kappa shape index (κ3) is 63.5. The zero-order chi connectivity index (χ0) is 85.5. The van der Waals surface area contributed by atoms with Crippen LogP contribution in [0.5, 0.6) is 0 Å². The number of nitrogens with zero attached hydrogens (tertiary/aromatic N) is 10. The quantitative estimate of drug-likeness (QED) is 0.00610. The van der Waals surface area contributed by atoms with Crippen LogP contribution in [-0.4, -0.2) is 119 Å². The molecule has 6 atom stereocenters. The van der Waals surface area contributed by atoms with Crippen molar-refractivity contribution in [3.8, 4) is 0 Å². The van der Waals surface area contributed by atoms with E-state index in [9.17, 15) is 43.5 Å². The molecule has 1 heterocycles. The third-order valence-corrected chi connectivity index (χ3v) is 18.3. The van der Waals surface area contributed by atoms with E-state index in [0.29, 0.717) is 35.0 Å². The molecule has 0 bridgehead atoms. The summed E-state index contributed by atoms with van der Waals surface area (Å²) in [6.07, 6.45) is 50.4. The van der Waals surface area contributed by atoms with E-state index in [0.717, 1.165) is 57.8 Å². The number of allylic oxidation sites excluding steroid dienone is 3. The summed E-state index contributed by atoms with van der Waals surface area (Å²) in [6.45, 7) is 5.53. The van der Waals surface area contributed by atoms with Gasteiger partial charge in [0.15, 0.2) is 0 Å². The molecular formula is C85H127I6N10O16-. The molecule has 1 aliphatic heterocycles. The molecule has 1 saturated heterocycles. The van der Waals surface area contributed by atoms with Gasteiger partial charge in [-0.25, -0.2) is 19.2 Å². The van der Waals surface area contributed by atoms with Gasteiger partial charge >= 0.3 is 86.5 Å². The van der Waals surface area contributed by atoms with Crippen LogP contribution in [-0.2, 0) is 47.7 Å². The molecule has 1 fully saturated rings. The first-order valence-electron chi connectivity index (χ1n) is 41.2. The first-order chi connectivity index (χ1) is 56.6. The van der Waals surface area contributed by atoms with E-state index in [-0.39, 0.29) is 69.3 Å². The van der Waals surface area contributed by atoms with Crippen molar-refractivity contribution in [2.45, 2.75) is 320 Å². The normalized spacial score (nSPS) is 12.9. The zero-order valence-corrected chi connectivity index (χ0v) is 81.7. The number of amides is 2. The standard InChI is InChI=1S/C30H42N4O7.C30H45N3O6.C25H39N3O3.I3.I2.HI/c1-2-3-4-5-6-7-8-9-10-11-12-13-17-20-26(40-29(37)24-18-15-14-16-19-24)25(32-33-31)23-39-30(38)41-34-27(35)21-22-28(34)36;1-2-3-4-5-6-7-8-9-10-11-12-13-17-21-27(39-30(37)25-19-15-14-16-20-25)26(32-33-31)24-38-29(36)23-18-22-28(34)35;1-2-3-4-5-6-7-8-9-10-11-12-13-17-20-24(23(21-29)27-28-26)31-25(30)22-18-15-14-16-19-22;1-3-2;1-2;/h14-20,25-26H,2-13,21-23H2,1H3;14-17,19-21,26-27H,2-13,18,22-24H2,1H3,(H,34,35);14-20,23-24,29H,2-13,21H2,1H3;;;1H/q;;;-1;;/b20-17+;21-17+;20-17+;;;/t25-,26-;26-,27-;23-,24-;;;/m111.../s1. The monoisotopic (exact) mass is 2310 g/mol. The van der Waals surface area contributed by atoms with Crippen LogP contribution < -0.4 is 13.3 Å². The van der Waals surface area contributed by atoms with Crippen LogP contribution in [0.2, 0.25) is 0 Å². The number of esters is 4. The maximum atomic E-state index is 12.7. The Kier molecular flexibility index (Phi) is 81.0. The van der Waals surface area contributed by atoms with E-state index in [1.165, 1.54) is 173 Å². The second-order valence-electron chi connectivity index (χ2n) is 27.7.